The zero-order valence-electron chi connectivity index (χ0n) is 10.7. The molecule has 0 aliphatic carbocycles. The van der Waals surface area contributed by atoms with E-state index in [4.69, 9.17) is 9.47 Å². The first kappa shape index (κ1) is 13.8. The minimum atomic E-state index is -0.649. The standard InChI is InChI=1S/C15H16O3S/c1-17-14(12-6-3-2-4-7-12)15(16)18-10-9-13-8-5-11-19-13/h2-8,11,14H,9-10H2,1H3. The lowest BCUT2D eigenvalue weighted by Crippen LogP contribution is -2.18. The second-order valence-electron chi connectivity index (χ2n) is 4.02. The van der Waals surface area contributed by atoms with Crippen LogP contribution in [0.15, 0.2) is 47.8 Å². The van der Waals surface area contributed by atoms with Crippen molar-refractivity contribution in [3.63, 3.8) is 0 Å². The molecule has 4 heteroatoms. The normalized spacial score (nSPS) is 12.1. The summed E-state index contributed by atoms with van der Waals surface area (Å²) in [5.74, 6) is -0.342. The van der Waals surface area contributed by atoms with E-state index in [0.29, 0.717) is 6.61 Å². The number of carbonyl (C=O) groups excluding carboxylic acids is 1. The fraction of sp³-hybridized carbons (Fsp3) is 0.267. The second-order valence-corrected chi connectivity index (χ2v) is 5.06. The summed E-state index contributed by atoms with van der Waals surface area (Å²) < 4.78 is 10.5. The molecule has 0 saturated carbocycles. The first-order valence-electron chi connectivity index (χ1n) is 6.08. The molecule has 19 heavy (non-hydrogen) atoms. The first-order chi connectivity index (χ1) is 9.31. The predicted molar refractivity (Wildman–Crippen MR) is 75.2 cm³/mol. The number of ether oxygens (including phenoxy) is 2. The van der Waals surface area contributed by atoms with Crippen LogP contribution in [0, 0.1) is 0 Å². The van der Waals surface area contributed by atoms with E-state index in [1.165, 1.54) is 12.0 Å². The van der Waals surface area contributed by atoms with E-state index < -0.39 is 6.10 Å². The second kappa shape index (κ2) is 7.07. The summed E-state index contributed by atoms with van der Waals surface area (Å²) in [6.45, 7) is 0.381. The van der Waals surface area contributed by atoms with E-state index in [2.05, 4.69) is 0 Å². The summed E-state index contributed by atoms with van der Waals surface area (Å²) in [7, 11) is 1.51. The molecule has 1 unspecified atom stereocenters. The number of esters is 1. The zero-order chi connectivity index (χ0) is 13.5. The molecule has 1 heterocycles. The maximum atomic E-state index is 12.0. The minimum absolute atomic E-state index is 0.342. The molecule has 2 rings (SSSR count). The molecular weight excluding hydrogens is 260 g/mol. The summed E-state index contributed by atoms with van der Waals surface area (Å²) in [5, 5.41) is 2.01. The summed E-state index contributed by atoms with van der Waals surface area (Å²) in [5.41, 5.74) is 0.811. The molecule has 0 bridgehead atoms. The van der Waals surface area contributed by atoms with Gasteiger partial charge in [-0.3, -0.25) is 0 Å². The van der Waals surface area contributed by atoms with Crippen LogP contribution in [0.2, 0.25) is 0 Å². The highest BCUT2D eigenvalue weighted by Crippen LogP contribution is 2.18. The Labute approximate surface area is 116 Å². The lowest BCUT2D eigenvalue weighted by atomic mass is 10.1. The van der Waals surface area contributed by atoms with Gasteiger partial charge in [0.15, 0.2) is 6.10 Å². The van der Waals surface area contributed by atoms with Crippen LogP contribution in [-0.2, 0) is 20.7 Å². The molecule has 1 aromatic heterocycles. The fourth-order valence-electron chi connectivity index (χ4n) is 1.78. The van der Waals surface area contributed by atoms with Crippen LogP contribution in [0.25, 0.3) is 0 Å². The molecule has 0 aliphatic heterocycles. The van der Waals surface area contributed by atoms with Gasteiger partial charge >= 0.3 is 5.97 Å². The maximum absolute atomic E-state index is 12.0. The molecule has 0 saturated heterocycles. The zero-order valence-corrected chi connectivity index (χ0v) is 11.6. The van der Waals surface area contributed by atoms with E-state index >= 15 is 0 Å². The van der Waals surface area contributed by atoms with Gasteiger partial charge in [-0.25, -0.2) is 4.79 Å². The van der Waals surface area contributed by atoms with E-state index in [1.807, 2.05) is 47.8 Å². The lowest BCUT2D eigenvalue weighted by Gasteiger charge is -2.14. The van der Waals surface area contributed by atoms with Crippen LogP contribution < -0.4 is 0 Å². The van der Waals surface area contributed by atoms with Gasteiger partial charge in [0.05, 0.1) is 6.61 Å². The highest BCUT2D eigenvalue weighted by Gasteiger charge is 2.21. The Bertz CT molecular complexity index is 493. The van der Waals surface area contributed by atoms with Crippen LogP contribution in [0.4, 0.5) is 0 Å². The Hall–Kier alpha value is -1.65. The Kier molecular flexibility index (Phi) is 5.12. The molecule has 0 spiro atoms. The van der Waals surface area contributed by atoms with Crippen LogP contribution in [0.5, 0.6) is 0 Å². The number of rotatable bonds is 6. The number of benzene rings is 1. The molecule has 0 aliphatic rings. The Morgan fingerprint density at radius 3 is 2.63 bits per heavy atom. The third-order valence-corrected chi connectivity index (χ3v) is 3.66. The van der Waals surface area contributed by atoms with Crippen molar-refractivity contribution in [2.24, 2.45) is 0 Å². The summed E-state index contributed by atoms with van der Waals surface area (Å²) in [6.07, 6.45) is 0.0961. The van der Waals surface area contributed by atoms with Gasteiger partial charge in [-0.2, -0.15) is 0 Å². The Balaban J connectivity index is 1.87. The smallest absolute Gasteiger partial charge is 0.339 e. The van der Waals surface area contributed by atoms with E-state index in [0.717, 1.165) is 12.0 Å². The van der Waals surface area contributed by atoms with Crippen molar-refractivity contribution in [3.05, 3.63) is 58.3 Å². The molecule has 2 aromatic rings. The molecule has 0 fully saturated rings. The number of methoxy groups -OCH3 is 1. The van der Waals surface area contributed by atoms with Gasteiger partial charge in [0.2, 0.25) is 0 Å². The number of thiophene rings is 1. The average molecular weight is 276 g/mol. The van der Waals surface area contributed by atoms with E-state index in [-0.39, 0.29) is 5.97 Å². The molecule has 1 atom stereocenters. The Morgan fingerprint density at radius 1 is 1.21 bits per heavy atom. The van der Waals surface area contributed by atoms with Crippen LogP contribution in [0.3, 0.4) is 0 Å². The van der Waals surface area contributed by atoms with Crippen molar-refractivity contribution in [2.45, 2.75) is 12.5 Å². The molecule has 3 nitrogen and oxygen atoms in total. The van der Waals surface area contributed by atoms with Crippen LogP contribution >= 0.6 is 11.3 Å². The molecule has 1 aromatic carbocycles. The van der Waals surface area contributed by atoms with Gasteiger partial charge in [0, 0.05) is 18.4 Å². The van der Waals surface area contributed by atoms with Gasteiger partial charge in [-0.15, -0.1) is 11.3 Å². The van der Waals surface area contributed by atoms with Crippen LogP contribution in [0.1, 0.15) is 16.5 Å². The quantitative estimate of drug-likeness (QED) is 0.760. The van der Waals surface area contributed by atoms with Gasteiger partial charge in [0.25, 0.3) is 0 Å². The molecule has 100 valence electrons. The average Bonchev–Trinajstić information content (AvgIpc) is 2.94. The highest BCUT2D eigenvalue weighted by atomic mass is 32.1. The molecular formula is C15H16O3S. The predicted octanol–water partition coefficient (Wildman–Crippen LogP) is 3.22. The maximum Gasteiger partial charge on any atom is 0.339 e. The van der Waals surface area contributed by atoms with Crippen molar-refractivity contribution in [1.29, 1.82) is 0 Å². The number of carbonyl (C=O) groups is 1. The summed E-state index contributed by atoms with van der Waals surface area (Å²) in [4.78, 5) is 13.2. The van der Waals surface area contributed by atoms with E-state index in [1.54, 1.807) is 11.3 Å². The summed E-state index contributed by atoms with van der Waals surface area (Å²) in [6, 6.07) is 13.4. The number of hydrogen-bond donors (Lipinski definition) is 0. The monoisotopic (exact) mass is 276 g/mol. The largest absolute Gasteiger partial charge is 0.463 e. The third kappa shape index (κ3) is 3.91. The van der Waals surface area contributed by atoms with Gasteiger partial charge in [-0.1, -0.05) is 36.4 Å². The van der Waals surface area contributed by atoms with Crippen LogP contribution in [-0.4, -0.2) is 19.7 Å². The lowest BCUT2D eigenvalue weighted by molar-refractivity contribution is -0.155. The number of hydrogen-bond acceptors (Lipinski definition) is 4. The molecule has 0 radical (unpaired) electrons. The SMILES string of the molecule is COC(C(=O)OCCc1cccs1)c1ccccc1. The fourth-order valence-corrected chi connectivity index (χ4v) is 2.47. The topological polar surface area (TPSA) is 35.5 Å². The van der Waals surface area contributed by atoms with E-state index in [9.17, 15) is 4.79 Å². The van der Waals surface area contributed by atoms with Gasteiger partial charge in [-0.05, 0) is 17.0 Å². The Morgan fingerprint density at radius 2 is 2.00 bits per heavy atom. The third-order valence-electron chi connectivity index (χ3n) is 2.72. The summed E-state index contributed by atoms with van der Waals surface area (Å²) >= 11 is 1.66. The van der Waals surface area contributed by atoms with Crippen molar-refractivity contribution in [1.82, 2.24) is 0 Å². The van der Waals surface area contributed by atoms with Crippen molar-refractivity contribution in [2.75, 3.05) is 13.7 Å². The minimum Gasteiger partial charge on any atom is -0.463 e. The van der Waals surface area contributed by atoms with Gasteiger partial charge in [0.1, 0.15) is 0 Å². The highest BCUT2D eigenvalue weighted by molar-refractivity contribution is 7.09. The van der Waals surface area contributed by atoms with Gasteiger partial charge < -0.3 is 9.47 Å². The van der Waals surface area contributed by atoms with Crippen molar-refractivity contribution in [3.8, 4) is 0 Å². The first-order valence-corrected chi connectivity index (χ1v) is 6.96. The molecule has 0 amide bonds. The molecule has 0 N–H and O–H groups in total. The van der Waals surface area contributed by atoms with Crippen molar-refractivity contribution >= 4 is 17.3 Å². The van der Waals surface area contributed by atoms with Crippen molar-refractivity contribution < 1.29 is 14.3 Å².